The number of carbonyl (C=O) groups is 2. The molecule has 0 radical (unpaired) electrons. The molecule has 2 aromatic carbocycles. The lowest BCUT2D eigenvalue weighted by atomic mass is 9.97. The van der Waals surface area contributed by atoms with E-state index in [1.165, 1.54) is 0 Å². The maximum atomic E-state index is 12.3. The molecule has 1 fully saturated rings. The monoisotopic (exact) mass is 353 g/mol. The number of hydrogen-bond acceptors (Lipinski definition) is 4. The number of ether oxygens (including phenoxy) is 1. The van der Waals surface area contributed by atoms with Crippen molar-refractivity contribution in [3.05, 3.63) is 71.8 Å². The van der Waals surface area contributed by atoms with Gasteiger partial charge in [-0.3, -0.25) is 10.2 Å². The van der Waals surface area contributed by atoms with Crippen molar-refractivity contribution in [1.29, 1.82) is 0 Å². The lowest BCUT2D eigenvalue weighted by molar-refractivity contribution is -0.120. The molecule has 2 N–H and O–H groups in total. The average Bonchev–Trinajstić information content (AvgIpc) is 2.99. The van der Waals surface area contributed by atoms with E-state index >= 15 is 0 Å². The number of hydrogen-bond donors (Lipinski definition) is 2. The van der Waals surface area contributed by atoms with Crippen LogP contribution < -0.4 is 10.7 Å². The van der Waals surface area contributed by atoms with Crippen LogP contribution in [0.3, 0.4) is 0 Å². The van der Waals surface area contributed by atoms with E-state index in [4.69, 9.17) is 4.74 Å². The van der Waals surface area contributed by atoms with Gasteiger partial charge in [0.25, 0.3) is 0 Å². The number of nitrogens with zero attached hydrogens (tertiary/aromatic N) is 1. The van der Waals surface area contributed by atoms with Crippen LogP contribution in [-0.2, 0) is 22.6 Å². The standard InChI is InChI=1S/C20H23N3O3/c1-23-18(13-19(24)22-23)17(12-15-8-4-2-5-9-15)21-20(25)26-14-16-10-6-3-7-11-16/h2-11,17-18H,12-14H2,1H3,(H,21,25)(H,22,24)/t17-,18+/m0/s1. The van der Waals surface area contributed by atoms with E-state index in [1.807, 2.05) is 67.7 Å². The van der Waals surface area contributed by atoms with Crippen LogP contribution in [0, 0.1) is 0 Å². The van der Waals surface area contributed by atoms with E-state index in [0.29, 0.717) is 12.8 Å². The highest BCUT2D eigenvalue weighted by molar-refractivity contribution is 5.78. The first-order valence-corrected chi connectivity index (χ1v) is 8.65. The molecule has 1 heterocycles. The van der Waals surface area contributed by atoms with Crippen molar-refractivity contribution >= 4 is 12.0 Å². The minimum atomic E-state index is -0.484. The van der Waals surface area contributed by atoms with Crippen LogP contribution in [0.15, 0.2) is 60.7 Å². The van der Waals surface area contributed by atoms with Crippen LogP contribution in [0.5, 0.6) is 0 Å². The number of hydrazine groups is 1. The van der Waals surface area contributed by atoms with Crippen molar-refractivity contribution in [3.8, 4) is 0 Å². The SMILES string of the molecule is CN1NC(=O)C[C@@H]1[C@H](Cc1ccccc1)NC(=O)OCc1ccccc1. The zero-order valence-corrected chi connectivity index (χ0v) is 14.7. The van der Waals surface area contributed by atoms with E-state index in [1.54, 1.807) is 5.01 Å². The topological polar surface area (TPSA) is 70.7 Å². The molecule has 6 nitrogen and oxygen atoms in total. The van der Waals surface area contributed by atoms with E-state index in [-0.39, 0.29) is 24.6 Å². The lowest BCUT2D eigenvalue weighted by Crippen LogP contribution is -2.51. The predicted octanol–water partition coefficient (Wildman–Crippen LogP) is 2.26. The van der Waals surface area contributed by atoms with Crippen LogP contribution in [0.4, 0.5) is 4.79 Å². The third kappa shape index (κ3) is 4.83. The zero-order chi connectivity index (χ0) is 18.4. The highest BCUT2D eigenvalue weighted by Gasteiger charge is 2.35. The molecule has 0 saturated carbocycles. The number of amides is 2. The van der Waals surface area contributed by atoms with Gasteiger partial charge in [0.05, 0.1) is 12.1 Å². The second-order valence-electron chi connectivity index (χ2n) is 6.42. The first-order valence-electron chi connectivity index (χ1n) is 8.65. The fraction of sp³-hybridized carbons (Fsp3) is 0.300. The summed E-state index contributed by atoms with van der Waals surface area (Å²) in [5, 5.41) is 4.69. The Labute approximate surface area is 153 Å². The maximum absolute atomic E-state index is 12.3. The molecule has 0 aromatic heterocycles. The molecule has 0 aliphatic carbocycles. The number of nitrogens with one attached hydrogen (secondary N) is 2. The molecule has 26 heavy (non-hydrogen) atoms. The number of benzene rings is 2. The Balaban J connectivity index is 1.64. The van der Waals surface area contributed by atoms with Crippen LogP contribution in [0.1, 0.15) is 17.5 Å². The second-order valence-corrected chi connectivity index (χ2v) is 6.42. The number of likely N-dealkylation sites (N-methyl/N-ethyl adjacent to an activating group) is 1. The summed E-state index contributed by atoms with van der Waals surface area (Å²) in [5.41, 5.74) is 4.79. The van der Waals surface area contributed by atoms with Crippen molar-refractivity contribution in [1.82, 2.24) is 15.8 Å². The molecular weight excluding hydrogens is 330 g/mol. The molecule has 2 amide bonds. The van der Waals surface area contributed by atoms with Gasteiger partial charge in [-0.25, -0.2) is 9.80 Å². The summed E-state index contributed by atoms with van der Waals surface area (Å²) in [6, 6.07) is 19.0. The Morgan fingerprint density at radius 2 is 1.77 bits per heavy atom. The van der Waals surface area contributed by atoms with E-state index in [2.05, 4.69) is 10.7 Å². The van der Waals surface area contributed by atoms with Gasteiger partial charge in [-0.05, 0) is 17.5 Å². The van der Waals surface area contributed by atoms with Crippen molar-refractivity contribution < 1.29 is 14.3 Å². The Hall–Kier alpha value is -2.86. The summed E-state index contributed by atoms with van der Waals surface area (Å²) >= 11 is 0. The molecule has 0 unspecified atom stereocenters. The summed E-state index contributed by atoms with van der Waals surface area (Å²) < 4.78 is 5.34. The smallest absolute Gasteiger partial charge is 0.407 e. The molecule has 1 saturated heterocycles. The van der Waals surface area contributed by atoms with E-state index in [0.717, 1.165) is 11.1 Å². The van der Waals surface area contributed by atoms with Gasteiger partial charge in [0.15, 0.2) is 0 Å². The lowest BCUT2D eigenvalue weighted by Gasteiger charge is -2.28. The zero-order valence-electron chi connectivity index (χ0n) is 14.7. The largest absolute Gasteiger partial charge is 0.445 e. The third-order valence-corrected chi connectivity index (χ3v) is 4.47. The molecule has 136 valence electrons. The van der Waals surface area contributed by atoms with E-state index in [9.17, 15) is 9.59 Å². The number of alkyl carbamates (subject to hydrolysis) is 1. The molecular formula is C20H23N3O3. The van der Waals surface area contributed by atoms with Crippen LogP contribution in [0.25, 0.3) is 0 Å². The van der Waals surface area contributed by atoms with Gasteiger partial charge in [0.2, 0.25) is 5.91 Å². The summed E-state index contributed by atoms with van der Waals surface area (Å²) in [4.78, 5) is 24.0. The third-order valence-electron chi connectivity index (χ3n) is 4.47. The van der Waals surface area contributed by atoms with Crippen LogP contribution in [0.2, 0.25) is 0 Å². The quantitative estimate of drug-likeness (QED) is 0.836. The van der Waals surface area contributed by atoms with Gasteiger partial charge in [-0.1, -0.05) is 60.7 Å². The minimum Gasteiger partial charge on any atom is -0.445 e. The van der Waals surface area contributed by atoms with Crippen LogP contribution >= 0.6 is 0 Å². The maximum Gasteiger partial charge on any atom is 0.407 e. The summed E-state index contributed by atoms with van der Waals surface area (Å²) in [7, 11) is 1.81. The van der Waals surface area contributed by atoms with Crippen molar-refractivity contribution in [2.75, 3.05) is 7.05 Å². The fourth-order valence-corrected chi connectivity index (χ4v) is 3.13. The molecule has 3 rings (SSSR count). The fourth-order valence-electron chi connectivity index (χ4n) is 3.13. The van der Waals surface area contributed by atoms with Gasteiger partial charge < -0.3 is 10.1 Å². The molecule has 0 bridgehead atoms. The van der Waals surface area contributed by atoms with Crippen molar-refractivity contribution in [2.24, 2.45) is 0 Å². The Morgan fingerprint density at radius 3 is 2.35 bits per heavy atom. The molecule has 0 spiro atoms. The molecule has 2 atom stereocenters. The summed E-state index contributed by atoms with van der Waals surface area (Å²) in [6.07, 6.45) is 0.473. The highest BCUT2D eigenvalue weighted by Crippen LogP contribution is 2.16. The normalized spacial score (nSPS) is 18.2. The average molecular weight is 353 g/mol. The first kappa shape index (κ1) is 17.9. The highest BCUT2D eigenvalue weighted by atomic mass is 16.5. The molecule has 2 aromatic rings. The van der Waals surface area contributed by atoms with E-state index < -0.39 is 6.09 Å². The van der Waals surface area contributed by atoms with Gasteiger partial charge in [0, 0.05) is 13.5 Å². The van der Waals surface area contributed by atoms with Gasteiger partial charge in [0.1, 0.15) is 6.61 Å². The summed E-state index contributed by atoms with van der Waals surface area (Å²) in [6.45, 7) is 0.211. The summed E-state index contributed by atoms with van der Waals surface area (Å²) in [5.74, 6) is -0.0463. The van der Waals surface area contributed by atoms with Gasteiger partial charge in [-0.2, -0.15) is 0 Å². The van der Waals surface area contributed by atoms with Crippen LogP contribution in [-0.4, -0.2) is 36.1 Å². The number of rotatable bonds is 6. The number of carbonyl (C=O) groups excluding carboxylic acids is 2. The van der Waals surface area contributed by atoms with Crippen molar-refractivity contribution in [3.63, 3.8) is 0 Å². The van der Waals surface area contributed by atoms with Crippen molar-refractivity contribution in [2.45, 2.75) is 31.5 Å². The van der Waals surface area contributed by atoms with Gasteiger partial charge in [-0.15, -0.1) is 0 Å². The molecule has 1 aliphatic heterocycles. The Morgan fingerprint density at radius 1 is 1.15 bits per heavy atom. The Bertz CT molecular complexity index is 736. The molecule has 1 aliphatic rings. The predicted molar refractivity (Wildman–Crippen MR) is 98.0 cm³/mol. The second kappa shape index (κ2) is 8.49. The van der Waals surface area contributed by atoms with Gasteiger partial charge >= 0.3 is 6.09 Å². The Kier molecular flexibility index (Phi) is 5.86. The molecule has 6 heteroatoms. The first-order chi connectivity index (χ1) is 12.6. The minimum absolute atomic E-state index is 0.0463.